The summed E-state index contributed by atoms with van der Waals surface area (Å²) in [5.74, 6) is 1.53. The van der Waals surface area contributed by atoms with Crippen LogP contribution in [0.3, 0.4) is 0 Å². The number of carbonyl (C=O) groups excluding carboxylic acids is 2. The highest BCUT2D eigenvalue weighted by molar-refractivity contribution is 8.18. The van der Waals surface area contributed by atoms with Gasteiger partial charge in [0.15, 0.2) is 11.5 Å². The quantitative estimate of drug-likeness (QED) is 0.370. The summed E-state index contributed by atoms with van der Waals surface area (Å²) in [7, 11) is 1.56. The molecule has 0 aliphatic carbocycles. The minimum atomic E-state index is -0.329. The van der Waals surface area contributed by atoms with E-state index in [0.717, 1.165) is 22.9 Å². The molecule has 0 atom stereocenters. The first kappa shape index (κ1) is 23.4. The van der Waals surface area contributed by atoms with E-state index in [1.54, 1.807) is 25.3 Å². The molecule has 0 bridgehead atoms. The number of carbonyl (C=O) groups is 2. The van der Waals surface area contributed by atoms with Crippen LogP contribution in [0.2, 0.25) is 0 Å². The Balaban J connectivity index is 1.36. The smallest absolute Gasteiger partial charge is 0.293 e. The number of thioether (sulfide) groups is 1. The second kappa shape index (κ2) is 10.9. The Labute approximate surface area is 203 Å². The number of hydrogen-bond donors (Lipinski definition) is 0. The topological polar surface area (TPSA) is 65.1 Å². The summed E-state index contributed by atoms with van der Waals surface area (Å²) in [5, 5.41) is -0.313. The number of ether oxygens (including phenoxy) is 3. The van der Waals surface area contributed by atoms with Gasteiger partial charge in [0.2, 0.25) is 0 Å². The predicted molar refractivity (Wildman–Crippen MR) is 133 cm³/mol. The van der Waals surface area contributed by atoms with E-state index >= 15 is 0 Å². The van der Waals surface area contributed by atoms with Crippen LogP contribution in [0, 0.1) is 6.92 Å². The van der Waals surface area contributed by atoms with Crippen molar-refractivity contribution in [3.05, 3.63) is 94.4 Å². The van der Waals surface area contributed by atoms with Crippen LogP contribution in [0.5, 0.6) is 17.2 Å². The zero-order chi connectivity index (χ0) is 23.9. The van der Waals surface area contributed by atoms with Crippen molar-refractivity contribution in [2.75, 3.05) is 20.3 Å². The highest BCUT2D eigenvalue weighted by Crippen LogP contribution is 2.33. The third kappa shape index (κ3) is 5.80. The largest absolute Gasteiger partial charge is 0.493 e. The van der Waals surface area contributed by atoms with Gasteiger partial charge in [-0.25, -0.2) is 0 Å². The van der Waals surface area contributed by atoms with Crippen LogP contribution in [0.15, 0.2) is 77.7 Å². The lowest BCUT2D eigenvalue weighted by Crippen LogP contribution is -2.32. The number of amides is 2. The fraction of sp³-hybridized carbons (Fsp3) is 0.185. The van der Waals surface area contributed by atoms with Crippen LogP contribution in [-0.4, -0.2) is 36.3 Å². The summed E-state index contributed by atoms with van der Waals surface area (Å²) < 4.78 is 16.9. The summed E-state index contributed by atoms with van der Waals surface area (Å²) in [6, 6.07) is 22.9. The molecule has 3 aromatic rings. The average Bonchev–Trinajstić information content (AvgIpc) is 3.11. The van der Waals surface area contributed by atoms with E-state index in [4.69, 9.17) is 14.2 Å². The van der Waals surface area contributed by atoms with E-state index in [2.05, 4.69) is 0 Å². The second-order valence-corrected chi connectivity index (χ2v) is 8.67. The first-order chi connectivity index (χ1) is 16.5. The molecule has 1 aliphatic rings. The Kier molecular flexibility index (Phi) is 7.54. The first-order valence-corrected chi connectivity index (χ1v) is 11.6. The van der Waals surface area contributed by atoms with Gasteiger partial charge in [0, 0.05) is 0 Å². The molecular formula is C27H25NO5S. The van der Waals surface area contributed by atoms with Gasteiger partial charge in [0.1, 0.15) is 19.0 Å². The number of aryl methyl sites for hydroxylation is 1. The van der Waals surface area contributed by atoms with E-state index in [1.165, 1.54) is 10.5 Å². The maximum atomic E-state index is 12.8. The minimum Gasteiger partial charge on any atom is -0.493 e. The Morgan fingerprint density at radius 3 is 2.44 bits per heavy atom. The third-order valence-electron chi connectivity index (χ3n) is 5.20. The van der Waals surface area contributed by atoms with Crippen molar-refractivity contribution in [3.8, 4) is 17.2 Å². The van der Waals surface area contributed by atoms with Gasteiger partial charge < -0.3 is 14.2 Å². The molecule has 0 spiro atoms. The van der Waals surface area contributed by atoms with E-state index in [0.29, 0.717) is 28.8 Å². The number of imide groups is 1. The fourth-order valence-electron chi connectivity index (χ4n) is 3.37. The highest BCUT2D eigenvalue weighted by atomic mass is 32.2. The van der Waals surface area contributed by atoms with Gasteiger partial charge in [-0.05, 0) is 60.2 Å². The SMILES string of the molecule is COc1ccccc1OCCN1C(=O)S/C(=C\c2cccc(OCc3ccc(C)cc3)c2)C1=O. The first-order valence-electron chi connectivity index (χ1n) is 10.8. The number of nitrogens with zero attached hydrogens (tertiary/aromatic N) is 1. The Bertz CT molecular complexity index is 1210. The summed E-state index contributed by atoms with van der Waals surface area (Å²) in [6.45, 7) is 2.82. The molecule has 1 fully saturated rings. The van der Waals surface area contributed by atoms with Gasteiger partial charge in [0.05, 0.1) is 18.6 Å². The van der Waals surface area contributed by atoms with Crippen LogP contribution < -0.4 is 14.2 Å². The van der Waals surface area contributed by atoms with E-state index in [1.807, 2.05) is 67.6 Å². The monoisotopic (exact) mass is 475 g/mol. The Morgan fingerprint density at radius 2 is 1.68 bits per heavy atom. The standard InChI is InChI=1S/C27H25NO5S/c1-19-10-12-20(13-11-19)18-33-22-7-5-6-21(16-22)17-25-26(29)28(27(30)34-25)14-15-32-24-9-4-3-8-23(24)31-2/h3-13,16-17H,14-15,18H2,1-2H3/b25-17-. The van der Waals surface area contributed by atoms with Gasteiger partial charge in [-0.15, -0.1) is 0 Å². The van der Waals surface area contributed by atoms with Crippen LogP contribution in [0.25, 0.3) is 6.08 Å². The third-order valence-corrected chi connectivity index (χ3v) is 6.10. The molecule has 0 saturated carbocycles. The van der Waals surface area contributed by atoms with Crippen molar-refractivity contribution in [2.45, 2.75) is 13.5 Å². The molecule has 1 saturated heterocycles. The Morgan fingerprint density at radius 1 is 0.912 bits per heavy atom. The molecule has 4 rings (SSSR count). The zero-order valence-electron chi connectivity index (χ0n) is 19.0. The van der Waals surface area contributed by atoms with Crippen molar-refractivity contribution in [3.63, 3.8) is 0 Å². The summed E-state index contributed by atoms with van der Waals surface area (Å²) >= 11 is 0.925. The van der Waals surface area contributed by atoms with Crippen LogP contribution in [0.1, 0.15) is 16.7 Å². The molecule has 0 unspecified atom stereocenters. The van der Waals surface area contributed by atoms with Crippen LogP contribution in [0.4, 0.5) is 4.79 Å². The molecule has 3 aromatic carbocycles. The molecule has 6 nitrogen and oxygen atoms in total. The summed E-state index contributed by atoms with van der Waals surface area (Å²) in [5.41, 5.74) is 3.07. The molecule has 7 heteroatoms. The van der Waals surface area contributed by atoms with E-state index < -0.39 is 0 Å². The molecular weight excluding hydrogens is 450 g/mol. The number of benzene rings is 3. The van der Waals surface area contributed by atoms with Crippen LogP contribution >= 0.6 is 11.8 Å². The lowest BCUT2D eigenvalue weighted by Gasteiger charge is -2.14. The normalized spacial score (nSPS) is 14.5. The molecule has 1 heterocycles. The molecule has 34 heavy (non-hydrogen) atoms. The number of hydrogen-bond acceptors (Lipinski definition) is 6. The highest BCUT2D eigenvalue weighted by Gasteiger charge is 2.34. The maximum Gasteiger partial charge on any atom is 0.293 e. The molecule has 174 valence electrons. The zero-order valence-corrected chi connectivity index (χ0v) is 19.8. The van der Waals surface area contributed by atoms with Crippen molar-refractivity contribution in [1.29, 1.82) is 0 Å². The van der Waals surface area contributed by atoms with Crippen molar-refractivity contribution >= 4 is 29.0 Å². The number of methoxy groups -OCH3 is 1. The molecule has 2 amide bonds. The summed E-state index contributed by atoms with van der Waals surface area (Å²) in [4.78, 5) is 26.8. The number of rotatable bonds is 9. The van der Waals surface area contributed by atoms with Gasteiger partial charge in [-0.2, -0.15) is 0 Å². The molecule has 0 radical (unpaired) electrons. The van der Waals surface area contributed by atoms with Crippen molar-refractivity contribution in [2.24, 2.45) is 0 Å². The van der Waals surface area contributed by atoms with Gasteiger partial charge in [-0.1, -0.05) is 54.1 Å². The molecule has 0 N–H and O–H groups in total. The summed E-state index contributed by atoms with van der Waals surface area (Å²) in [6.07, 6.45) is 1.71. The number of para-hydroxylation sites is 2. The van der Waals surface area contributed by atoms with Crippen molar-refractivity contribution < 1.29 is 23.8 Å². The van der Waals surface area contributed by atoms with Gasteiger partial charge in [-0.3, -0.25) is 14.5 Å². The van der Waals surface area contributed by atoms with E-state index in [-0.39, 0.29) is 24.3 Å². The lowest BCUT2D eigenvalue weighted by atomic mass is 10.1. The van der Waals surface area contributed by atoms with Gasteiger partial charge >= 0.3 is 0 Å². The maximum absolute atomic E-state index is 12.8. The minimum absolute atomic E-state index is 0.153. The fourth-order valence-corrected chi connectivity index (χ4v) is 4.24. The van der Waals surface area contributed by atoms with E-state index in [9.17, 15) is 9.59 Å². The second-order valence-electron chi connectivity index (χ2n) is 7.68. The predicted octanol–water partition coefficient (Wildman–Crippen LogP) is 5.70. The Hall–Kier alpha value is -3.71. The average molecular weight is 476 g/mol. The van der Waals surface area contributed by atoms with Gasteiger partial charge in [0.25, 0.3) is 11.1 Å². The lowest BCUT2D eigenvalue weighted by molar-refractivity contribution is -0.123. The van der Waals surface area contributed by atoms with Crippen LogP contribution in [-0.2, 0) is 11.4 Å². The molecule has 1 aliphatic heterocycles. The van der Waals surface area contributed by atoms with Crippen molar-refractivity contribution in [1.82, 2.24) is 4.90 Å². The molecule has 0 aromatic heterocycles.